The predicted molar refractivity (Wildman–Crippen MR) is 77.4 cm³/mol. The lowest BCUT2D eigenvalue weighted by Gasteiger charge is -2.38. The van der Waals surface area contributed by atoms with Crippen LogP contribution in [0, 0.1) is 11.3 Å². The van der Waals surface area contributed by atoms with Crippen LogP contribution in [-0.2, 0) is 18.4 Å². The highest BCUT2D eigenvalue weighted by molar-refractivity contribution is 6.01. The lowest BCUT2D eigenvalue weighted by molar-refractivity contribution is -0.170. The minimum absolute atomic E-state index is 0.114. The first kappa shape index (κ1) is 15.9. The molecule has 6 heteroatoms. The van der Waals surface area contributed by atoms with Crippen molar-refractivity contribution in [3.05, 3.63) is 0 Å². The van der Waals surface area contributed by atoms with Crippen molar-refractivity contribution in [1.29, 1.82) is 0 Å². The molecule has 18 heavy (non-hydrogen) atoms. The Kier molecular flexibility index (Phi) is 5.17. The largest absolute Gasteiger partial charge is 0.464 e. The van der Waals surface area contributed by atoms with E-state index in [-0.39, 0.29) is 17.5 Å². The minimum Gasteiger partial charge on any atom is -0.464 e. The number of ether oxygens (including phenoxy) is 1. The Morgan fingerprint density at radius 2 is 2.00 bits per heavy atom. The molecule has 0 aromatic rings. The highest BCUT2D eigenvalue weighted by Crippen LogP contribution is 2.47. The van der Waals surface area contributed by atoms with Crippen LogP contribution >= 0.6 is 0 Å². The zero-order chi connectivity index (χ0) is 14.0. The molecule has 0 amide bonds. The van der Waals surface area contributed by atoms with Crippen LogP contribution in [0.4, 0.5) is 0 Å². The fraction of sp³-hybridized carbons (Fsp3) is 0.917. The average molecular weight is 291 g/mol. The number of carbonyl (C=O) groups excluding carboxylic acids is 1. The SMILES string of the molecule is CCOC(=O)C1(O[SiH3])CCC(C(C)(C)C)C1O[SiH3]. The van der Waals surface area contributed by atoms with E-state index in [0.717, 1.165) is 6.42 Å². The summed E-state index contributed by atoms with van der Waals surface area (Å²) in [7, 11) is 1.12. The summed E-state index contributed by atoms with van der Waals surface area (Å²) in [6, 6.07) is 0. The van der Waals surface area contributed by atoms with Crippen LogP contribution in [-0.4, -0.2) is 45.3 Å². The van der Waals surface area contributed by atoms with Gasteiger partial charge in [-0.3, -0.25) is 0 Å². The number of esters is 1. The summed E-state index contributed by atoms with van der Waals surface area (Å²) < 4.78 is 16.7. The molecule has 0 aromatic heterocycles. The molecule has 1 aliphatic carbocycles. The fourth-order valence-electron chi connectivity index (χ4n) is 3.00. The van der Waals surface area contributed by atoms with Crippen LogP contribution in [0.25, 0.3) is 0 Å². The van der Waals surface area contributed by atoms with Crippen LogP contribution in [0.3, 0.4) is 0 Å². The van der Waals surface area contributed by atoms with Gasteiger partial charge in [0.2, 0.25) is 0 Å². The number of hydrogen-bond acceptors (Lipinski definition) is 4. The predicted octanol–water partition coefficient (Wildman–Crippen LogP) is -0.293. The molecule has 3 unspecified atom stereocenters. The highest BCUT2D eigenvalue weighted by Gasteiger charge is 2.57. The van der Waals surface area contributed by atoms with Crippen LogP contribution in [0.2, 0.25) is 0 Å². The van der Waals surface area contributed by atoms with Crippen molar-refractivity contribution in [3.63, 3.8) is 0 Å². The van der Waals surface area contributed by atoms with E-state index in [1.807, 2.05) is 6.92 Å². The van der Waals surface area contributed by atoms with Gasteiger partial charge in [0.25, 0.3) is 0 Å². The number of carbonyl (C=O) groups is 1. The van der Waals surface area contributed by atoms with Crippen LogP contribution in [0.5, 0.6) is 0 Å². The molecule has 0 aromatic carbocycles. The molecular weight excluding hydrogens is 264 g/mol. The molecule has 0 bridgehead atoms. The van der Waals surface area contributed by atoms with Gasteiger partial charge in [0.05, 0.1) is 12.7 Å². The Bertz CT molecular complexity index is 303. The van der Waals surface area contributed by atoms with Gasteiger partial charge in [0.15, 0.2) is 5.60 Å². The summed E-state index contributed by atoms with van der Waals surface area (Å²) >= 11 is 0. The molecule has 1 rings (SSSR count). The topological polar surface area (TPSA) is 44.8 Å². The van der Waals surface area contributed by atoms with E-state index in [1.54, 1.807) is 0 Å². The van der Waals surface area contributed by atoms with E-state index < -0.39 is 5.60 Å². The second-order valence-corrected chi connectivity index (χ2v) is 6.86. The van der Waals surface area contributed by atoms with Crippen molar-refractivity contribution >= 4 is 26.9 Å². The van der Waals surface area contributed by atoms with Crippen LogP contribution in [0.15, 0.2) is 0 Å². The smallest absolute Gasteiger partial charge is 0.339 e. The molecule has 0 N–H and O–H groups in total. The molecule has 4 nitrogen and oxygen atoms in total. The molecule has 1 aliphatic rings. The Morgan fingerprint density at radius 1 is 1.39 bits per heavy atom. The van der Waals surface area contributed by atoms with E-state index in [1.165, 1.54) is 0 Å². The van der Waals surface area contributed by atoms with Gasteiger partial charge >= 0.3 is 5.97 Å². The zero-order valence-corrected chi connectivity index (χ0v) is 16.4. The van der Waals surface area contributed by atoms with Gasteiger partial charge in [-0.1, -0.05) is 20.8 Å². The Labute approximate surface area is 116 Å². The first-order chi connectivity index (χ1) is 8.33. The Balaban J connectivity index is 3.03. The highest BCUT2D eigenvalue weighted by atomic mass is 28.2. The normalized spacial score (nSPS) is 32.9. The lowest BCUT2D eigenvalue weighted by atomic mass is 9.77. The third-order valence-electron chi connectivity index (χ3n) is 4.00. The maximum atomic E-state index is 12.3. The van der Waals surface area contributed by atoms with E-state index in [2.05, 4.69) is 20.8 Å². The van der Waals surface area contributed by atoms with Crippen LogP contribution in [0.1, 0.15) is 40.5 Å². The maximum Gasteiger partial charge on any atom is 0.339 e. The average Bonchev–Trinajstić information content (AvgIpc) is 2.68. The van der Waals surface area contributed by atoms with Gasteiger partial charge in [0, 0.05) is 0 Å². The molecule has 0 radical (unpaired) electrons. The van der Waals surface area contributed by atoms with Crippen molar-refractivity contribution in [2.45, 2.75) is 52.2 Å². The van der Waals surface area contributed by atoms with E-state index >= 15 is 0 Å². The minimum atomic E-state index is -0.845. The van der Waals surface area contributed by atoms with Gasteiger partial charge in [0.1, 0.15) is 21.0 Å². The Morgan fingerprint density at radius 3 is 2.39 bits per heavy atom. The molecule has 0 spiro atoms. The summed E-state index contributed by atoms with van der Waals surface area (Å²) in [6.07, 6.45) is 1.52. The first-order valence-electron chi connectivity index (χ1n) is 6.58. The van der Waals surface area contributed by atoms with Crippen molar-refractivity contribution in [3.8, 4) is 0 Å². The second-order valence-electron chi connectivity index (χ2n) is 5.98. The number of hydrogen-bond donors (Lipinski definition) is 0. The monoisotopic (exact) mass is 290 g/mol. The Hall–Kier alpha value is -0.176. The van der Waals surface area contributed by atoms with Gasteiger partial charge < -0.3 is 13.6 Å². The molecule has 3 atom stereocenters. The summed E-state index contributed by atoms with van der Waals surface area (Å²) in [5, 5.41) is 0. The van der Waals surface area contributed by atoms with Crippen molar-refractivity contribution in [2.24, 2.45) is 11.3 Å². The van der Waals surface area contributed by atoms with E-state index in [9.17, 15) is 4.79 Å². The van der Waals surface area contributed by atoms with E-state index in [0.29, 0.717) is 39.9 Å². The summed E-state index contributed by atoms with van der Waals surface area (Å²) in [5.41, 5.74) is -0.731. The van der Waals surface area contributed by atoms with Gasteiger partial charge in [-0.25, -0.2) is 4.79 Å². The zero-order valence-electron chi connectivity index (χ0n) is 12.4. The van der Waals surface area contributed by atoms with Gasteiger partial charge in [-0.15, -0.1) is 0 Å². The van der Waals surface area contributed by atoms with Crippen LogP contribution < -0.4 is 0 Å². The van der Waals surface area contributed by atoms with E-state index in [4.69, 9.17) is 13.6 Å². The summed E-state index contributed by atoms with van der Waals surface area (Å²) in [6.45, 7) is 8.80. The quantitative estimate of drug-likeness (QED) is 0.527. The summed E-state index contributed by atoms with van der Waals surface area (Å²) in [4.78, 5) is 12.3. The molecule has 1 fully saturated rings. The molecule has 0 aliphatic heterocycles. The third kappa shape index (κ3) is 2.71. The van der Waals surface area contributed by atoms with Gasteiger partial charge in [-0.2, -0.15) is 0 Å². The maximum absolute atomic E-state index is 12.3. The van der Waals surface area contributed by atoms with Crippen molar-refractivity contribution < 1.29 is 18.4 Å². The van der Waals surface area contributed by atoms with Crippen molar-refractivity contribution in [2.75, 3.05) is 6.61 Å². The third-order valence-corrected chi connectivity index (χ3v) is 5.24. The second kappa shape index (κ2) is 5.85. The first-order valence-corrected chi connectivity index (χ1v) is 8.22. The molecule has 106 valence electrons. The summed E-state index contributed by atoms with van der Waals surface area (Å²) in [5.74, 6) is 0.0981. The molecule has 1 saturated carbocycles. The number of rotatable bonds is 4. The standard InChI is InChI=1S/C12H26O4Si2/c1-5-14-10(13)12(16-18)7-6-8(9(12)15-17)11(2,3)4/h8-9H,5-7H2,1-4,17-18H3. The molecular formula is C12H26O4Si2. The van der Waals surface area contributed by atoms with Gasteiger partial charge in [-0.05, 0) is 31.1 Å². The molecule has 0 heterocycles. The lowest BCUT2D eigenvalue weighted by Crippen LogP contribution is -2.53. The fourth-order valence-corrected chi connectivity index (χ4v) is 4.32. The molecule has 0 saturated heterocycles. The van der Waals surface area contributed by atoms with Crippen molar-refractivity contribution in [1.82, 2.24) is 0 Å².